The molecule has 32 heavy (non-hydrogen) atoms. The van der Waals surface area contributed by atoms with Crippen molar-refractivity contribution >= 4 is 17.9 Å². The maximum atomic E-state index is 12.5. The van der Waals surface area contributed by atoms with E-state index in [1.807, 2.05) is 38.2 Å². The van der Waals surface area contributed by atoms with E-state index in [0.29, 0.717) is 17.1 Å². The Morgan fingerprint density at radius 1 is 0.844 bits per heavy atom. The molecule has 0 aromatic heterocycles. The molecular formula is C28H36O4. The molecule has 0 aliphatic carbocycles. The molecule has 2 aliphatic heterocycles. The molecule has 2 atom stereocenters. The second-order valence-electron chi connectivity index (χ2n) is 9.90. The number of hydrogen-bond donors (Lipinski definition) is 1. The minimum atomic E-state index is -0.568. The first-order valence-corrected chi connectivity index (χ1v) is 11.4. The van der Waals surface area contributed by atoms with Crippen molar-refractivity contribution in [2.45, 2.75) is 85.4 Å². The molecule has 0 fully saturated rings. The highest BCUT2D eigenvalue weighted by atomic mass is 16.5. The van der Waals surface area contributed by atoms with E-state index >= 15 is 0 Å². The Bertz CT molecular complexity index is 1030. The van der Waals surface area contributed by atoms with Gasteiger partial charge < -0.3 is 14.6 Å². The molecule has 0 radical (unpaired) electrons. The maximum absolute atomic E-state index is 12.5. The first-order chi connectivity index (χ1) is 14.9. The summed E-state index contributed by atoms with van der Waals surface area (Å²) in [5.74, 6) is 0.690. The fraction of sp³-hybridized carbons (Fsp3) is 0.464. The van der Waals surface area contributed by atoms with Gasteiger partial charge in [-0.05, 0) is 98.5 Å². The average Bonchev–Trinajstić information content (AvgIpc) is 2.66. The van der Waals surface area contributed by atoms with Crippen molar-refractivity contribution < 1.29 is 19.4 Å². The van der Waals surface area contributed by atoms with Crippen molar-refractivity contribution in [2.24, 2.45) is 0 Å². The predicted octanol–water partition coefficient (Wildman–Crippen LogP) is 7.42. The highest BCUT2D eigenvalue weighted by molar-refractivity contribution is 6.03. The van der Waals surface area contributed by atoms with Gasteiger partial charge in [-0.2, -0.15) is 0 Å². The van der Waals surface area contributed by atoms with E-state index in [0.717, 1.165) is 31.2 Å². The Balaban J connectivity index is 2.03. The number of ketones is 1. The molecule has 172 valence electrons. The summed E-state index contributed by atoms with van der Waals surface area (Å²) in [6.45, 7) is 13.8. The number of rotatable bonds is 7. The molecule has 2 heterocycles. The van der Waals surface area contributed by atoms with Crippen LogP contribution in [0.25, 0.3) is 12.2 Å². The number of carbonyl (C=O) groups is 1. The van der Waals surface area contributed by atoms with Crippen LogP contribution in [0.5, 0.6) is 17.2 Å². The Morgan fingerprint density at radius 2 is 1.31 bits per heavy atom. The van der Waals surface area contributed by atoms with E-state index in [9.17, 15) is 9.90 Å². The van der Waals surface area contributed by atoms with E-state index in [1.54, 1.807) is 0 Å². The largest absolute Gasteiger partial charge is 0.506 e. The number of benzene rings is 1. The topological polar surface area (TPSA) is 55.8 Å². The molecule has 0 spiro atoms. The summed E-state index contributed by atoms with van der Waals surface area (Å²) in [5, 5.41) is 11.0. The minimum absolute atomic E-state index is 0.0733. The molecule has 0 saturated carbocycles. The standard InChI is InChI=1S/C28H36O4/c1-18(2)10-8-14-27(6)16-12-21-24(30)23(20(5)29)26-22(25(21)31-27)13-17-28(7,32-26)15-9-11-19(3)4/h10-13,16-17,30H,8-9,14-15H2,1-7H3. The quantitative estimate of drug-likeness (QED) is 0.357. The monoisotopic (exact) mass is 436 g/mol. The molecular weight excluding hydrogens is 400 g/mol. The van der Waals surface area contributed by atoms with Crippen molar-refractivity contribution in [3.8, 4) is 17.2 Å². The summed E-state index contributed by atoms with van der Waals surface area (Å²) in [7, 11) is 0. The molecule has 4 heteroatoms. The van der Waals surface area contributed by atoms with Gasteiger partial charge >= 0.3 is 0 Å². The van der Waals surface area contributed by atoms with Crippen molar-refractivity contribution in [3.05, 3.63) is 52.1 Å². The third-order valence-electron chi connectivity index (χ3n) is 6.07. The van der Waals surface area contributed by atoms with E-state index in [4.69, 9.17) is 9.47 Å². The zero-order chi connectivity index (χ0) is 23.7. The molecule has 4 nitrogen and oxygen atoms in total. The van der Waals surface area contributed by atoms with Crippen LogP contribution in [-0.2, 0) is 0 Å². The highest BCUT2D eigenvalue weighted by Gasteiger charge is 2.38. The third kappa shape index (κ3) is 5.01. The average molecular weight is 437 g/mol. The van der Waals surface area contributed by atoms with Crippen LogP contribution in [0.4, 0.5) is 0 Å². The zero-order valence-electron chi connectivity index (χ0n) is 20.5. The van der Waals surface area contributed by atoms with E-state index in [-0.39, 0.29) is 17.1 Å². The number of carbonyl (C=O) groups excluding carboxylic acids is 1. The number of ether oxygens (including phenoxy) is 2. The van der Waals surface area contributed by atoms with Gasteiger partial charge in [-0.25, -0.2) is 0 Å². The Morgan fingerprint density at radius 3 is 1.78 bits per heavy atom. The van der Waals surface area contributed by atoms with E-state index in [2.05, 4.69) is 39.8 Å². The number of fused-ring (bicyclic) bond motifs is 3. The molecule has 0 amide bonds. The first-order valence-electron chi connectivity index (χ1n) is 11.4. The summed E-state index contributed by atoms with van der Waals surface area (Å²) in [4.78, 5) is 12.5. The fourth-order valence-electron chi connectivity index (χ4n) is 4.20. The Labute approximate surface area is 192 Å². The van der Waals surface area contributed by atoms with Gasteiger partial charge in [-0.3, -0.25) is 4.79 Å². The van der Waals surface area contributed by atoms with Crippen molar-refractivity contribution in [2.75, 3.05) is 0 Å². The van der Waals surface area contributed by atoms with Crippen molar-refractivity contribution in [3.63, 3.8) is 0 Å². The number of aromatic hydroxyl groups is 1. The summed E-state index contributed by atoms with van der Waals surface area (Å²) in [6, 6.07) is 0. The zero-order valence-corrected chi connectivity index (χ0v) is 20.5. The second-order valence-corrected chi connectivity index (χ2v) is 9.90. The summed E-state index contributed by atoms with van der Waals surface area (Å²) < 4.78 is 12.9. The molecule has 2 aliphatic rings. The van der Waals surface area contributed by atoms with Gasteiger partial charge in [0.1, 0.15) is 34.0 Å². The highest BCUT2D eigenvalue weighted by Crippen LogP contribution is 2.51. The Hall–Kier alpha value is -2.75. The van der Waals surface area contributed by atoms with E-state index in [1.165, 1.54) is 18.1 Å². The Kier molecular flexibility index (Phi) is 6.73. The molecule has 1 aromatic carbocycles. The molecule has 3 rings (SSSR count). The first kappa shape index (κ1) is 23.9. The number of phenols is 1. The van der Waals surface area contributed by atoms with Gasteiger partial charge in [0.2, 0.25) is 0 Å². The van der Waals surface area contributed by atoms with Gasteiger partial charge in [0, 0.05) is 0 Å². The van der Waals surface area contributed by atoms with Crippen LogP contribution in [-0.4, -0.2) is 22.1 Å². The maximum Gasteiger partial charge on any atom is 0.167 e. The van der Waals surface area contributed by atoms with Crippen LogP contribution >= 0.6 is 0 Å². The molecule has 1 aromatic rings. The van der Waals surface area contributed by atoms with Gasteiger partial charge in [0.25, 0.3) is 0 Å². The van der Waals surface area contributed by atoms with E-state index < -0.39 is 11.2 Å². The van der Waals surface area contributed by atoms with Gasteiger partial charge in [-0.1, -0.05) is 23.3 Å². The molecule has 0 saturated heterocycles. The van der Waals surface area contributed by atoms with Gasteiger partial charge in [0.15, 0.2) is 5.78 Å². The van der Waals surface area contributed by atoms with Crippen LogP contribution in [0.3, 0.4) is 0 Å². The summed E-state index contributed by atoms with van der Waals surface area (Å²) >= 11 is 0. The molecule has 1 N–H and O–H groups in total. The lowest BCUT2D eigenvalue weighted by Gasteiger charge is -2.37. The third-order valence-corrected chi connectivity index (χ3v) is 6.07. The fourth-order valence-corrected chi connectivity index (χ4v) is 4.20. The minimum Gasteiger partial charge on any atom is -0.506 e. The lowest BCUT2D eigenvalue weighted by molar-refractivity contribution is 0.0976. The SMILES string of the molecule is CC(=O)c1c(O)c2c(c3c1OC(C)(CCC=C(C)C)C=C3)OC(C)(CCC=C(C)C)C=C2. The normalized spacial score (nSPS) is 22.8. The lowest BCUT2D eigenvalue weighted by Crippen LogP contribution is -2.35. The van der Waals surface area contributed by atoms with Crippen LogP contribution in [0.15, 0.2) is 35.5 Å². The predicted molar refractivity (Wildman–Crippen MR) is 132 cm³/mol. The summed E-state index contributed by atoms with van der Waals surface area (Å²) in [5.41, 5.74) is 2.94. The second kappa shape index (κ2) is 9.01. The van der Waals surface area contributed by atoms with Crippen molar-refractivity contribution in [1.29, 1.82) is 0 Å². The van der Waals surface area contributed by atoms with Crippen LogP contribution in [0.2, 0.25) is 0 Å². The smallest absolute Gasteiger partial charge is 0.167 e. The molecule has 2 unspecified atom stereocenters. The number of allylic oxidation sites excluding steroid dienone is 4. The van der Waals surface area contributed by atoms with Gasteiger partial charge in [-0.15, -0.1) is 0 Å². The number of Topliss-reactive ketones (excluding diaryl/α,β-unsaturated/α-hetero) is 1. The van der Waals surface area contributed by atoms with Crippen LogP contribution in [0.1, 0.15) is 95.6 Å². The molecule has 0 bridgehead atoms. The number of phenolic OH excluding ortho intramolecular Hbond substituents is 1. The summed E-state index contributed by atoms with van der Waals surface area (Å²) in [6.07, 6.45) is 15.6. The number of hydrogen-bond acceptors (Lipinski definition) is 4. The van der Waals surface area contributed by atoms with Crippen molar-refractivity contribution in [1.82, 2.24) is 0 Å². The van der Waals surface area contributed by atoms with Crippen LogP contribution in [0, 0.1) is 0 Å². The lowest BCUT2D eigenvalue weighted by atomic mass is 9.88. The van der Waals surface area contributed by atoms with Crippen LogP contribution < -0.4 is 9.47 Å². The van der Waals surface area contributed by atoms with Gasteiger partial charge in [0.05, 0.1) is 11.1 Å².